The van der Waals surface area contributed by atoms with Crippen LogP contribution in [0.3, 0.4) is 0 Å². The number of carbonyl (C=O) groups is 1. The zero-order chi connectivity index (χ0) is 15.1. The van der Waals surface area contributed by atoms with E-state index >= 15 is 0 Å². The molecule has 0 spiro atoms. The van der Waals surface area contributed by atoms with Gasteiger partial charge in [-0.15, -0.1) is 0 Å². The molecule has 4 nitrogen and oxygen atoms in total. The van der Waals surface area contributed by atoms with E-state index in [1.807, 2.05) is 13.0 Å². The summed E-state index contributed by atoms with van der Waals surface area (Å²) in [6, 6.07) is 5.34. The van der Waals surface area contributed by atoms with Crippen molar-refractivity contribution < 1.29 is 9.53 Å². The maximum absolute atomic E-state index is 12.0. The molecule has 0 unspecified atom stereocenters. The summed E-state index contributed by atoms with van der Waals surface area (Å²) >= 11 is 6.11. The molecule has 1 heterocycles. The van der Waals surface area contributed by atoms with Gasteiger partial charge in [0.2, 0.25) is 5.91 Å². The van der Waals surface area contributed by atoms with Gasteiger partial charge in [-0.3, -0.25) is 4.79 Å². The van der Waals surface area contributed by atoms with Crippen molar-refractivity contribution in [3.8, 4) is 5.75 Å². The Labute approximate surface area is 131 Å². The van der Waals surface area contributed by atoms with Gasteiger partial charge in [-0.05, 0) is 63.4 Å². The minimum Gasteiger partial charge on any atom is -0.492 e. The Morgan fingerprint density at radius 3 is 2.86 bits per heavy atom. The van der Waals surface area contributed by atoms with Crippen molar-refractivity contribution in [1.82, 2.24) is 5.32 Å². The molecule has 21 heavy (non-hydrogen) atoms. The molecule has 0 bridgehead atoms. The van der Waals surface area contributed by atoms with Crippen LogP contribution in [-0.4, -0.2) is 25.6 Å². The molecule has 1 aliphatic heterocycles. The first-order chi connectivity index (χ1) is 10.2. The third-order valence-corrected chi connectivity index (χ3v) is 4.05. The molecule has 2 rings (SSSR count). The molecule has 0 radical (unpaired) electrons. The van der Waals surface area contributed by atoms with Gasteiger partial charge >= 0.3 is 0 Å². The van der Waals surface area contributed by atoms with Crippen molar-refractivity contribution in [2.75, 3.05) is 25.0 Å². The van der Waals surface area contributed by atoms with Gasteiger partial charge in [0.25, 0.3) is 0 Å². The highest BCUT2D eigenvalue weighted by molar-refractivity contribution is 6.32. The SMILES string of the molecule is CCOc1ccc(NC(=O)CCC2CCNCC2)cc1Cl. The normalized spacial score (nSPS) is 15.7. The smallest absolute Gasteiger partial charge is 0.224 e. The highest BCUT2D eigenvalue weighted by Gasteiger charge is 2.14. The third kappa shape index (κ3) is 5.21. The monoisotopic (exact) mass is 310 g/mol. The average molecular weight is 311 g/mol. The topological polar surface area (TPSA) is 50.4 Å². The van der Waals surface area contributed by atoms with Gasteiger partial charge in [0.15, 0.2) is 0 Å². The summed E-state index contributed by atoms with van der Waals surface area (Å²) in [4.78, 5) is 12.0. The average Bonchev–Trinajstić information content (AvgIpc) is 2.49. The molecule has 0 aliphatic carbocycles. The summed E-state index contributed by atoms with van der Waals surface area (Å²) < 4.78 is 5.37. The van der Waals surface area contributed by atoms with Crippen LogP contribution in [0.2, 0.25) is 5.02 Å². The molecule has 1 amide bonds. The molecule has 1 saturated heterocycles. The van der Waals surface area contributed by atoms with Crippen molar-refractivity contribution >= 4 is 23.2 Å². The third-order valence-electron chi connectivity index (χ3n) is 3.75. The Morgan fingerprint density at radius 2 is 2.19 bits per heavy atom. The number of piperidine rings is 1. The molecule has 0 atom stereocenters. The molecule has 1 aromatic carbocycles. The number of nitrogens with one attached hydrogen (secondary N) is 2. The second-order valence-electron chi connectivity index (χ2n) is 5.36. The molecule has 1 aliphatic rings. The predicted molar refractivity (Wildman–Crippen MR) is 86.1 cm³/mol. The minimum absolute atomic E-state index is 0.0498. The minimum atomic E-state index is 0.0498. The molecular formula is C16H23ClN2O2. The van der Waals surface area contributed by atoms with E-state index in [9.17, 15) is 4.79 Å². The van der Waals surface area contributed by atoms with Crippen LogP contribution < -0.4 is 15.4 Å². The number of halogens is 1. The van der Waals surface area contributed by atoms with Gasteiger partial charge in [0.1, 0.15) is 5.75 Å². The van der Waals surface area contributed by atoms with Gasteiger partial charge in [0, 0.05) is 12.1 Å². The van der Waals surface area contributed by atoms with Crippen LogP contribution in [0.25, 0.3) is 0 Å². The van der Waals surface area contributed by atoms with Gasteiger partial charge in [-0.2, -0.15) is 0 Å². The van der Waals surface area contributed by atoms with Crippen LogP contribution in [0.4, 0.5) is 5.69 Å². The molecule has 1 fully saturated rings. The first-order valence-electron chi connectivity index (χ1n) is 7.62. The zero-order valence-corrected chi connectivity index (χ0v) is 13.2. The number of anilines is 1. The Bertz CT molecular complexity index is 473. The van der Waals surface area contributed by atoms with E-state index in [1.165, 1.54) is 12.8 Å². The lowest BCUT2D eigenvalue weighted by Crippen LogP contribution is -2.28. The van der Waals surface area contributed by atoms with Crippen LogP contribution in [0, 0.1) is 5.92 Å². The maximum Gasteiger partial charge on any atom is 0.224 e. The van der Waals surface area contributed by atoms with Crippen LogP contribution in [-0.2, 0) is 4.79 Å². The Morgan fingerprint density at radius 1 is 1.43 bits per heavy atom. The largest absolute Gasteiger partial charge is 0.492 e. The van der Waals surface area contributed by atoms with Crippen molar-refractivity contribution in [1.29, 1.82) is 0 Å². The standard InChI is InChI=1S/C16H23ClN2O2/c1-2-21-15-5-4-13(11-14(15)17)19-16(20)6-3-12-7-9-18-10-8-12/h4-5,11-12,18H,2-3,6-10H2,1H3,(H,19,20). The zero-order valence-electron chi connectivity index (χ0n) is 12.5. The number of benzene rings is 1. The first kappa shape index (κ1) is 16.1. The first-order valence-corrected chi connectivity index (χ1v) is 7.99. The molecule has 0 saturated carbocycles. The van der Waals surface area contributed by atoms with Gasteiger partial charge < -0.3 is 15.4 Å². The summed E-state index contributed by atoms with van der Waals surface area (Å²) in [6.07, 6.45) is 3.86. The van der Waals surface area contributed by atoms with Crippen molar-refractivity contribution in [3.63, 3.8) is 0 Å². The van der Waals surface area contributed by atoms with Crippen LogP contribution in [0.5, 0.6) is 5.75 Å². The summed E-state index contributed by atoms with van der Waals surface area (Å²) in [5.41, 5.74) is 0.721. The molecule has 116 valence electrons. The van der Waals surface area contributed by atoms with E-state index < -0.39 is 0 Å². The fourth-order valence-electron chi connectivity index (χ4n) is 2.58. The summed E-state index contributed by atoms with van der Waals surface area (Å²) in [7, 11) is 0. The predicted octanol–water partition coefficient (Wildman–Crippen LogP) is 3.46. The Hall–Kier alpha value is -1.26. The second kappa shape index (κ2) is 8.25. The number of amides is 1. The molecule has 0 aromatic heterocycles. The number of rotatable bonds is 6. The summed E-state index contributed by atoms with van der Waals surface area (Å²) in [5.74, 6) is 1.36. The molecule has 5 heteroatoms. The fourth-order valence-corrected chi connectivity index (χ4v) is 2.82. The summed E-state index contributed by atoms with van der Waals surface area (Å²) in [5, 5.41) is 6.76. The Kier molecular flexibility index (Phi) is 6.33. The van der Waals surface area contributed by atoms with Gasteiger partial charge in [-0.25, -0.2) is 0 Å². The van der Waals surface area contributed by atoms with Crippen molar-refractivity contribution in [3.05, 3.63) is 23.2 Å². The van der Waals surface area contributed by atoms with Crippen molar-refractivity contribution in [2.45, 2.75) is 32.6 Å². The number of ether oxygens (including phenoxy) is 1. The van der Waals surface area contributed by atoms with Gasteiger partial charge in [-0.1, -0.05) is 11.6 Å². The van der Waals surface area contributed by atoms with E-state index in [2.05, 4.69) is 10.6 Å². The fraction of sp³-hybridized carbons (Fsp3) is 0.562. The highest BCUT2D eigenvalue weighted by Crippen LogP contribution is 2.28. The molecule has 1 aromatic rings. The Balaban J connectivity index is 1.80. The lowest BCUT2D eigenvalue weighted by molar-refractivity contribution is -0.116. The molecular weight excluding hydrogens is 288 g/mol. The molecule has 2 N–H and O–H groups in total. The lowest BCUT2D eigenvalue weighted by Gasteiger charge is -2.22. The van der Waals surface area contributed by atoms with Gasteiger partial charge in [0.05, 0.1) is 11.6 Å². The van der Waals surface area contributed by atoms with E-state index in [4.69, 9.17) is 16.3 Å². The van der Waals surface area contributed by atoms with E-state index in [1.54, 1.807) is 12.1 Å². The number of hydrogen-bond acceptors (Lipinski definition) is 3. The summed E-state index contributed by atoms with van der Waals surface area (Å²) in [6.45, 7) is 4.62. The quantitative estimate of drug-likeness (QED) is 0.846. The van der Waals surface area contributed by atoms with Crippen LogP contribution >= 0.6 is 11.6 Å². The van der Waals surface area contributed by atoms with Crippen LogP contribution in [0.15, 0.2) is 18.2 Å². The van der Waals surface area contributed by atoms with Crippen LogP contribution in [0.1, 0.15) is 32.6 Å². The van der Waals surface area contributed by atoms with E-state index in [-0.39, 0.29) is 5.91 Å². The lowest BCUT2D eigenvalue weighted by atomic mass is 9.93. The maximum atomic E-state index is 12.0. The second-order valence-corrected chi connectivity index (χ2v) is 5.77. The van der Waals surface area contributed by atoms with Crippen molar-refractivity contribution in [2.24, 2.45) is 5.92 Å². The number of carbonyl (C=O) groups excluding carboxylic acids is 1. The number of hydrogen-bond donors (Lipinski definition) is 2. The van der Waals surface area contributed by atoms with E-state index in [0.29, 0.717) is 29.7 Å². The highest BCUT2D eigenvalue weighted by atomic mass is 35.5. The van der Waals surface area contributed by atoms with E-state index in [0.717, 1.165) is 25.2 Å².